The van der Waals surface area contributed by atoms with Crippen molar-refractivity contribution in [3.63, 3.8) is 0 Å². The summed E-state index contributed by atoms with van der Waals surface area (Å²) in [7, 11) is 0. The molecule has 1 aliphatic carbocycles. The van der Waals surface area contributed by atoms with Crippen LogP contribution in [-0.2, 0) is 25.7 Å². The van der Waals surface area contributed by atoms with Gasteiger partial charge in [-0.05, 0) is 42.5 Å². The number of nitrogens with one attached hydrogen (secondary N) is 3. The molecule has 3 aliphatic rings. The molecule has 0 aromatic carbocycles. The van der Waals surface area contributed by atoms with E-state index in [0.29, 0.717) is 67.8 Å². The number of hydrogen-bond acceptors (Lipinski definition) is 6. The third-order valence-electron chi connectivity index (χ3n) is 6.76. The predicted molar refractivity (Wildman–Crippen MR) is 123 cm³/mol. The summed E-state index contributed by atoms with van der Waals surface area (Å²) >= 11 is 6.12. The van der Waals surface area contributed by atoms with Crippen LogP contribution >= 0.6 is 11.6 Å². The number of pyridine rings is 1. The van der Waals surface area contributed by atoms with Gasteiger partial charge < -0.3 is 20.5 Å². The van der Waals surface area contributed by atoms with Crippen molar-refractivity contribution in [2.75, 3.05) is 25.0 Å². The van der Waals surface area contributed by atoms with Crippen LogP contribution in [0.4, 0.5) is 16.0 Å². The molecular weight excluding hydrogens is 461 g/mol. The molecule has 6 rings (SSSR count). The van der Waals surface area contributed by atoms with E-state index in [1.54, 1.807) is 11.1 Å². The minimum atomic E-state index is -0.573. The van der Waals surface area contributed by atoms with Crippen LogP contribution in [-0.4, -0.2) is 56.3 Å². The van der Waals surface area contributed by atoms with Gasteiger partial charge in [-0.25, -0.2) is 14.4 Å². The van der Waals surface area contributed by atoms with Crippen molar-refractivity contribution in [2.45, 2.75) is 32.6 Å². The summed E-state index contributed by atoms with van der Waals surface area (Å²) in [4.78, 5) is 43.1. The second-order valence-corrected chi connectivity index (χ2v) is 8.92. The van der Waals surface area contributed by atoms with Crippen LogP contribution in [0.1, 0.15) is 50.2 Å². The van der Waals surface area contributed by atoms with Gasteiger partial charge in [-0.2, -0.15) is 4.98 Å². The largest absolute Gasteiger partial charge is 0.357 e. The first kappa shape index (κ1) is 21.0. The summed E-state index contributed by atoms with van der Waals surface area (Å²) in [5, 5.41) is 5.74. The molecule has 0 fully saturated rings. The molecule has 3 N–H and O–H groups in total. The normalized spacial score (nSPS) is 16.4. The Labute approximate surface area is 199 Å². The number of carbonyl (C=O) groups excluding carboxylic acids is 2. The fourth-order valence-electron chi connectivity index (χ4n) is 5.13. The molecule has 0 radical (unpaired) electrons. The van der Waals surface area contributed by atoms with Crippen LogP contribution in [0.5, 0.6) is 0 Å². The average Bonchev–Trinajstić information content (AvgIpc) is 3.20. The third-order valence-corrected chi connectivity index (χ3v) is 6.92. The van der Waals surface area contributed by atoms with Crippen molar-refractivity contribution < 1.29 is 14.0 Å². The summed E-state index contributed by atoms with van der Waals surface area (Å²) in [6.45, 7) is 3.52. The smallest absolute Gasteiger partial charge is 0.259 e. The molecular formula is C23H21ClFN7O2. The van der Waals surface area contributed by atoms with E-state index >= 15 is 4.39 Å². The molecule has 0 saturated heterocycles. The quantitative estimate of drug-likeness (QED) is 0.495. The van der Waals surface area contributed by atoms with Crippen molar-refractivity contribution >= 4 is 35.1 Å². The van der Waals surface area contributed by atoms with E-state index in [0.717, 1.165) is 16.8 Å². The summed E-state index contributed by atoms with van der Waals surface area (Å²) in [6.07, 6.45) is 4.03. The first-order valence-corrected chi connectivity index (χ1v) is 11.7. The zero-order valence-corrected chi connectivity index (χ0v) is 19.1. The Hall–Kier alpha value is -3.53. The van der Waals surface area contributed by atoms with Gasteiger partial charge in [0.25, 0.3) is 11.8 Å². The zero-order valence-electron chi connectivity index (χ0n) is 18.4. The van der Waals surface area contributed by atoms with Crippen LogP contribution in [0, 0.1) is 5.82 Å². The topological polar surface area (TPSA) is 116 Å². The molecule has 3 aromatic heterocycles. The van der Waals surface area contributed by atoms with Crippen LogP contribution in [0.2, 0.25) is 5.28 Å². The van der Waals surface area contributed by atoms with Gasteiger partial charge in [0.05, 0.1) is 17.0 Å². The first-order valence-electron chi connectivity index (χ1n) is 11.3. The van der Waals surface area contributed by atoms with Gasteiger partial charge in [0, 0.05) is 49.9 Å². The molecule has 5 heterocycles. The highest BCUT2D eigenvalue weighted by atomic mass is 35.5. The highest BCUT2D eigenvalue weighted by Gasteiger charge is 2.33. The van der Waals surface area contributed by atoms with Crippen molar-refractivity contribution in [1.29, 1.82) is 0 Å². The maximum atomic E-state index is 15.9. The number of H-pyrrole nitrogens is 1. The van der Waals surface area contributed by atoms with Crippen molar-refractivity contribution in [3.8, 4) is 11.3 Å². The monoisotopic (exact) mass is 481 g/mol. The highest BCUT2D eigenvalue weighted by molar-refractivity contribution is 6.28. The molecule has 0 unspecified atom stereocenters. The number of aryl methyl sites for hydroxylation is 1. The van der Waals surface area contributed by atoms with Gasteiger partial charge in [-0.1, -0.05) is 0 Å². The number of hydrogen-bond donors (Lipinski definition) is 3. The van der Waals surface area contributed by atoms with E-state index in [4.69, 9.17) is 11.6 Å². The third kappa shape index (κ3) is 3.08. The van der Waals surface area contributed by atoms with E-state index < -0.39 is 5.82 Å². The lowest BCUT2D eigenvalue weighted by Crippen LogP contribution is -2.38. The molecule has 0 bridgehead atoms. The van der Waals surface area contributed by atoms with Crippen LogP contribution < -0.4 is 10.6 Å². The summed E-state index contributed by atoms with van der Waals surface area (Å²) in [5.74, 6) is -0.868. The standard InChI is InChI=1S/C23H21ClFN7O2/c1-2-32-8-6-13-16(22(32)34)19(31-23(24)29-13)30-20-17(25)14-10(9-27-20)3-4-11-15-12(28-18(11)14)5-7-26-21(15)33/h9,28H,2-8H2,1H3,(H,26,33)(H,27,29,30,31). The Morgan fingerprint density at radius 2 is 1.97 bits per heavy atom. The lowest BCUT2D eigenvalue weighted by atomic mass is 9.88. The molecule has 174 valence electrons. The van der Waals surface area contributed by atoms with Crippen LogP contribution in [0.3, 0.4) is 0 Å². The Morgan fingerprint density at radius 1 is 1.12 bits per heavy atom. The summed E-state index contributed by atoms with van der Waals surface area (Å²) in [6, 6.07) is 0. The fourth-order valence-corrected chi connectivity index (χ4v) is 5.31. The Kier molecular flexibility index (Phi) is 4.80. The number of carbonyl (C=O) groups is 2. The zero-order chi connectivity index (χ0) is 23.6. The van der Waals surface area contributed by atoms with E-state index in [1.165, 1.54) is 0 Å². The maximum absolute atomic E-state index is 15.9. The predicted octanol–water partition coefficient (Wildman–Crippen LogP) is 2.81. The van der Waals surface area contributed by atoms with Gasteiger partial charge in [-0.3, -0.25) is 9.59 Å². The van der Waals surface area contributed by atoms with E-state index in [9.17, 15) is 9.59 Å². The van der Waals surface area contributed by atoms with Gasteiger partial charge in [-0.15, -0.1) is 0 Å². The molecule has 0 atom stereocenters. The molecule has 11 heteroatoms. The minimum absolute atomic E-state index is 0.0253. The molecule has 34 heavy (non-hydrogen) atoms. The average molecular weight is 482 g/mol. The molecule has 2 aliphatic heterocycles. The molecule has 2 amide bonds. The van der Waals surface area contributed by atoms with Gasteiger partial charge >= 0.3 is 0 Å². The molecule has 9 nitrogen and oxygen atoms in total. The Morgan fingerprint density at radius 3 is 2.79 bits per heavy atom. The second kappa shape index (κ2) is 7.76. The minimum Gasteiger partial charge on any atom is -0.357 e. The number of fused-ring (bicyclic) bond motifs is 6. The number of anilines is 2. The number of amides is 2. The maximum Gasteiger partial charge on any atom is 0.259 e. The summed E-state index contributed by atoms with van der Waals surface area (Å²) in [5.41, 5.74) is 4.84. The van der Waals surface area contributed by atoms with Gasteiger partial charge in [0.15, 0.2) is 11.6 Å². The lowest BCUT2D eigenvalue weighted by Gasteiger charge is -2.28. The first-order chi connectivity index (χ1) is 16.5. The number of halogens is 2. The SMILES string of the molecule is CCN1CCc2nc(Cl)nc(Nc3ncc4c(c3F)-c3[nH]c5c(c3CC4)C(=O)NCC5)c2C1=O. The fraction of sp³-hybridized carbons (Fsp3) is 0.348. The summed E-state index contributed by atoms with van der Waals surface area (Å²) < 4.78 is 15.9. The Bertz CT molecular complexity index is 1390. The van der Waals surface area contributed by atoms with Crippen molar-refractivity contribution in [2.24, 2.45) is 0 Å². The number of aromatic amines is 1. The molecule has 0 saturated carbocycles. The van der Waals surface area contributed by atoms with Crippen molar-refractivity contribution in [1.82, 2.24) is 30.2 Å². The number of nitrogens with zero attached hydrogens (tertiary/aromatic N) is 4. The molecule has 3 aromatic rings. The number of rotatable bonds is 3. The highest BCUT2D eigenvalue weighted by Crippen LogP contribution is 2.40. The van der Waals surface area contributed by atoms with Crippen LogP contribution in [0.15, 0.2) is 6.20 Å². The Balaban J connectivity index is 1.45. The van der Waals surface area contributed by atoms with E-state index in [1.807, 2.05) is 6.92 Å². The second-order valence-electron chi connectivity index (χ2n) is 8.58. The van der Waals surface area contributed by atoms with Crippen LogP contribution in [0.25, 0.3) is 11.3 Å². The number of likely N-dealkylation sites (N-methyl/N-ethyl adjacent to an activating group) is 1. The lowest BCUT2D eigenvalue weighted by molar-refractivity contribution is 0.0747. The van der Waals surface area contributed by atoms with Gasteiger partial charge in [0.1, 0.15) is 11.4 Å². The van der Waals surface area contributed by atoms with E-state index in [2.05, 4.69) is 30.6 Å². The molecule has 0 spiro atoms. The van der Waals surface area contributed by atoms with Crippen molar-refractivity contribution in [3.05, 3.63) is 50.9 Å². The number of aromatic nitrogens is 4. The van der Waals surface area contributed by atoms with E-state index in [-0.39, 0.29) is 34.3 Å². The van der Waals surface area contributed by atoms with Gasteiger partial charge in [0.2, 0.25) is 5.28 Å².